The van der Waals surface area contributed by atoms with Crippen molar-refractivity contribution in [3.63, 3.8) is 0 Å². The number of rotatable bonds is 5. The van der Waals surface area contributed by atoms with Crippen molar-refractivity contribution in [3.8, 4) is 0 Å². The monoisotopic (exact) mass is 294 g/mol. The van der Waals surface area contributed by atoms with Gasteiger partial charge in [-0.25, -0.2) is 0 Å². The van der Waals surface area contributed by atoms with E-state index in [1.165, 1.54) is 0 Å². The smallest absolute Gasteiger partial charge is 0.324 e. The van der Waals surface area contributed by atoms with Gasteiger partial charge in [-0.3, -0.25) is 9.59 Å². The first-order valence-corrected chi connectivity index (χ1v) is 6.58. The maximum atomic E-state index is 12.1. The Bertz CT molecular complexity index is 506. The molecule has 0 saturated carbocycles. The lowest BCUT2D eigenvalue weighted by atomic mass is 9.73. The molecule has 0 aliphatic rings. The minimum atomic E-state index is -1.73. The molecule has 0 spiro atoms. The number of carboxylic acid groups (broad SMARTS) is 1. The zero-order valence-electron chi connectivity index (χ0n) is 12.5. The average molecular weight is 294 g/mol. The molecule has 5 N–H and O–H groups in total. The van der Waals surface area contributed by atoms with E-state index in [1.807, 2.05) is 6.07 Å². The number of hydrogen-bond acceptors (Lipinski definition) is 5. The molecule has 1 rings (SSSR count). The number of benzene rings is 1. The Labute approximate surface area is 124 Å². The fourth-order valence-corrected chi connectivity index (χ4v) is 1.75. The Kier molecular flexibility index (Phi) is 5.09. The van der Waals surface area contributed by atoms with Crippen molar-refractivity contribution in [1.29, 1.82) is 0 Å². The van der Waals surface area contributed by atoms with Crippen LogP contribution in [-0.2, 0) is 20.9 Å². The molecule has 0 bridgehead atoms. The SMILES string of the molecule is CC(C)(C)C(N)(N)C(C(=O)O)C(=O)OCc1ccccc1. The first-order chi connectivity index (χ1) is 9.57. The Hall–Kier alpha value is -1.92. The van der Waals surface area contributed by atoms with Gasteiger partial charge in [0, 0.05) is 0 Å². The zero-order valence-corrected chi connectivity index (χ0v) is 12.5. The van der Waals surface area contributed by atoms with E-state index in [0.717, 1.165) is 5.56 Å². The molecule has 6 nitrogen and oxygen atoms in total. The van der Waals surface area contributed by atoms with Crippen molar-refractivity contribution < 1.29 is 19.4 Å². The Morgan fingerprint density at radius 3 is 2.14 bits per heavy atom. The van der Waals surface area contributed by atoms with E-state index in [0.29, 0.717) is 0 Å². The van der Waals surface area contributed by atoms with Gasteiger partial charge >= 0.3 is 11.9 Å². The highest BCUT2D eigenvalue weighted by atomic mass is 16.5. The van der Waals surface area contributed by atoms with Gasteiger partial charge in [-0.05, 0) is 11.0 Å². The Balaban J connectivity index is 2.87. The molecule has 6 heteroatoms. The number of hydrogen-bond donors (Lipinski definition) is 3. The lowest BCUT2D eigenvalue weighted by Gasteiger charge is -2.40. The maximum Gasteiger partial charge on any atom is 0.324 e. The Morgan fingerprint density at radius 1 is 1.19 bits per heavy atom. The number of nitrogens with two attached hydrogens (primary N) is 2. The van der Waals surface area contributed by atoms with Crippen LogP contribution in [0.2, 0.25) is 0 Å². The summed E-state index contributed by atoms with van der Waals surface area (Å²) in [6, 6.07) is 8.96. The summed E-state index contributed by atoms with van der Waals surface area (Å²) in [4.78, 5) is 23.5. The van der Waals surface area contributed by atoms with Crippen LogP contribution in [0.3, 0.4) is 0 Å². The summed E-state index contributed by atoms with van der Waals surface area (Å²) >= 11 is 0. The standard InChI is InChI=1S/C15H22N2O4/c1-14(2,3)15(16,17)11(12(18)19)13(20)21-9-10-7-5-4-6-8-10/h4-8,11H,9,16-17H2,1-3H3,(H,18,19). The van der Waals surface area contributed by atoms with Gasteiger partial charge < -0.3 is 21.3 Å². The summed E-state index contributed by atoms with van der Waals surface area (Å²) in [6.07, 6.45) is 0. The third kappa shape index (κ3) is 4.03. The molecule has 0 aliphatic carbocycles. The molecule has 1 atom stereocenters. The summed E-state index contributed by atoms with van der Waals surface area (Å²) in [5.74, 6) is -3.97. The highest BCUT2D eigenvalue weighted by molar-refractivity contribution is 5.95. The zero-order chi connectivity index (χ0) is 16.3. The normalized spacial score (nSPS) is 13.6. The summed E-state index contributed by atoms with van der Waals surface area (Å²) < 4.78 is 5.05. The third-order valence-electron chi connectivity index (χ3n) is 3.48. The van der Waals surface area contributed by atoms with Gasteiger partial charge in [0.05, 0.1) is 5.66 Å². The molecule has 0 aromatic heterocycles. The van der Waals surface area contributed by atoms with E-state index in [2.05, 4.69) is 0 Å². The van der Waals surface area contributed by atoms with Gasteiger partial charge in [0.15, 0.2) is 5.92 Å². The molecule has 116 valence electrons. The third-order valence-corrected chi connectivity index (χ3v) is 3.48. The first-order valence-electron chi connectivity index (χ1n) is 6.58. The molecule has 0 saturated heterocycles. The van der Waals surface area contributed by atoms with Gasteiger partial charge in [0.25, 0.3) is 0 Å². The molecule has 1 aromatic carbocycles. The second kappa shape index (κ2) is 6.24. The van der Waals surface area contributed by atoms with Crippen LogP contribution in [0.5, 0.6) is 0 Å². The predicted molar refractivity (Wildman–Crippen MR) is 77.9 cm³/mol. The van der Waals surface area contributed by atoms with Crippen LogP contribution < -0.4 is 11.5 Å². The second-order valence-electron chi connectivity index (χ2n) is 6.05. The van der Waals surface area contributed by atoms with Crippen molar-refractivity contribution in [1.82, 2.24) is 0 Å². The van der Waals surface area contributed by atoms with Crippen LogP contribution >= 0.6 is 0 Å². The van der Waals surface area contributed by atoms with Crippen LogP contribution in [0.1, 0.15) is 26.3 Å². The van der Waals surface area contributed by atoms with Gasteiger partial charge in [0.1, 0.15) is 6.61 Å². The number of carbonyl (C=O) groups excluding carboxylic acids is 1. The minimum absolute atomic E-state index is 0.0241. The van der Waals surface area contributed by atoms with Crippen LogP contribution in [-0.4, -0.2) is 22.7 Å². The lowest BCUT2D eigenvalue weighted by Crippen LogP contribution is -2.68. The van der Waals surface area contributed by atoms with Crippen molar-refractivity contribution in [2.24, 2.45) is 22.8 Å². The maximum absolute atomic E-state index is 12.1. The van der Waals surface area contributed by atoms with Crippen molar-refractivity contribution in [2.45, 2.75) is 33.0 Å². The molecule has 0 amide bonds. The van der Waals surface area contributed by atoms with Gasteiger partial charge in [-0.15, -0.1) is 0 Å². The van der Waals surface area contributed by atoms with Gasteiger partial charge in [0.2, 0.25) is 0 Å². The first kappa shape index (κ1) is 17.1. The highest BCUT2D eigenvalue weighted by Crippen LogP contribution is 2.31. The van der Waals surface area contributed by atoms with Crippen molar-refractivity contribution in [3.05, 3.63) is 35.9 Å². The molecule has 0 fully saturated rings. The Morgan fingerprint density at radius 2 is 1.71 bits per heavy atom. The van der Waals surface area contributed by atoms with E-state index in [-0.39, 0.29) is 6.61 Å². The molecular formula is C15H22N2O4. The summed E-state index contributed by atoms with van der Waals surface area (Å²) in [7, 11) is 0. The van der Waals surface area contributed by atoms with Crippen LogP contribution in [0.15, 0.2) is 30.3 Å². The van der Waals surface area contributed by atoms with E-state index < -0.39 is 28.9 Å². The summed E-state index contributed by atoms with van der Waals surface area (Å²) in [5.41, 5.74) is 10.0. The number of ether oxygens (including phenoxy) is 1. The fraction of sp³-hybridized carbons (Fsp3) is 0.467. The quantitative estimate of drug-likeness (QED) is 0.425. The van der Waals surface area contributed by atoms with E-state index in [9.17, 15) is 14.7 Å². The van der Waals surface area contributed by atoms with Gasteiger partial charge in [-0.1, -0.05) is 51.1 Å². The molecule has 1 unspecified atom stereocenters. The fourth-order valence-electron chi connectivity index (χ4n) is 1.75. The largest absolute Gasteiger partial charge is 0.481 e. The molecular weight excluding hydrogens is 272 g/mol. The predicted octanol–water partition coefficient (Wildman–Crippen LogP) is 1.09. The molecule has 0 aliphatic heterocycles. The summed E-state index contributed by atoms with van der Waals surface area (Å²) in [5, 5.41) is 9.28. The van der Waals surface area contributed by atoms with Crippen LogP contribution in [0, 0.1) is 11.3 Å². The van der Waals surface area contributed by atoms with Gasteiger partial charge in [-0.2, -0.15) is 0 Å². The van der Waals surface area contributed by atoms with E-state index in [1.54, 1.807) is 45.0 Å². The highest BCUT2D eigenvalue weighted by Gasteiger charge is 2.50. The van der Waals surface area contributed by atoms with E-state index >= 15 is 0 Å². The van der Waals surface area contributed by atoms with Crippen molar-refractivity contribution >= 4 is 11.9 Å². The van der Waals surface area contributed by atoms with E-state index in [4.69, 9.17) is 16.2 Å². The van der Waals surface area contributed by atoms with Crippen LogP contribution in [0.4, 0.5) is 0 Å². The minimum Gasteiger partial charge on any atom is -0.481 e. The summed E-state index contributed by atoms with van der Waals surface area (Å²) in [6.45, 7) is 5.00. The number of carboxylic acids is 1. The van der Waals surface area contributed by atoms with Crippen molar-refractivity contribution in [2.75, 3.05) is 0 Å². The number of carbonyl (C=O) groups is 2. The average Bonchev–Trinajstić information content (AvgIpc) is 2.35. The molecule has 0 heterocycles. The number of aliphatic carboxylic acids is 1. The molecule has 0 radical (unpaired) electrons. The number of esters is 1. The molecule has 21 heavy (non-hydrogen) atoms. The second-order valence-corrected chi connectivity index (χ2v) is 6.05. The topological polar surface area (TPSA) is 116 Å². The lowest BCUT2D eigenvalue weighted by molar-refractivity contribution is -0.165. The van der Waals surface area contributed by atoms with Crippen LogP contribution in [0.25, 0.3) is 0 Å². The molecule has 1 aromatic rings.